The molecule has 0 aliphatic heterocycles. The van der Waals surface area contributed by atoms with Gasteiger partial charge in [-0.15, -0.1) is 0 Å². The molecule has 1 saturated carbocycles. The van der Waals surface area contributed by atoms with E-state index in [9.17, 15) is 18.8 Å². The van der Waals surface area contributed by atoms with Crippen molar-refractivity contribution in [2.45, 2.75) is 38.5 Å². The number of hydrogen-bond acceptors (Lipinski definition) is 3. The predicted molar refractivity (Wildman–Crippen MR) is 107 cm³/mol. The monoisotopic (exact) mass is 398 g/mol. The molecule has 0 heterocycles. The lowest BCUT2D eigenvalue weighted by atomic mass is 9.88. The quantitative estimate of drug-likeness (QED) is 0.679. The summed E-state index contributed by atoms with van der Waals surface area (Å²) in [6.07, 6.45) is 4.79. The van der Waals surface area contributed by atoms with Gasteiger partial charge >= 0.3 is 5.97 Å². The lowest BCUT2D eigenvalue weighted by molar-refractivity contribution is -0.120. The van der Waals surface area contributed by atoms with Gasteiger partial charge in [-0.2, -0.15) is 0 Å². The van der Waals surface area contributed by atoms with Gasteiger partial charge in [-0.05, 0) is 48.7 Å². The molecule has 0 atom stereocenters. The Morgan fingerprint density at radius 2 is 1.66 bits per heavy atom. The Labute approximate surface area is 168 Å². The summed E-state index contributed by atoms with van der Waals surface area (Å²) >= 11 is 0. The molecular weight excluding hydrogens is 375 g/mol. The molecule has 0 unspecified atom stereocenters. The van der Waals surface area contributed by atoms with Gasteiger partial charge in [0.1, 0.15) is 5.82 Å². The zero-order chi connectivity index (χ0) is 20.8. The summed E-state index contributed by atoms with van der Waals surface area (Å²) < 4.78 is 14.1. The van der Waals surface area contributed by atoms with Crippen molar-refractivity contribution in [3.8, 4) is 0 Å². The molecule has 0 aromatic heterocycles. The normalized spacial score (nSPS) is 14.2. The molecule has 0 saturated heterocycles. The highest BCUT2D eigenvalue weighted by Gasteiger charge is 2.22. The Kier molecular flexibility index (Phi) is 6.59. The van der Waals surface area contributed by atoms with Crippen molar-refractivity contribution in [2.75, 3.05) is 10.6 Å². The average molecular weight is 398 g/mol. The van der Waals surface area contributed by atoms with Crippen molar-refractivity contribution < 1.29 is 23.9 Å². The van der Waals surface area contributed by atoms with Gasteiger partial charge in [-0.1, -0.05) is 31.4 Å². The third-order valence-corrected chi connectivity index (χ3v) is 5.05. The molecule has 1 aliphatic rings. The van der Waals surface area contributed by atoms with Crippen LogP contribution in [0.3, 0.4) is 0 Å². The van der Waals surface area contributed by atoms with Crippen LogP contribution in [0.2, 0.25) is 0 Å². The highest BCUT2D eigenvalue weighted by molar-refractivity contribution is 5.96. The smallest absolute Gasteiger partial charge is 0.335 e. The van der Waals surface area contributed by atoms with Crippen LogP contribution in [-0.4, -0.2) is 22.9 Å². The van der Waals surface area contributed by atoms with E-state index in [0.29, 0.717) is 11.3 Å². The summed E-state index contributed by atoms with van der Waals surface area (Å²) in [4.78, 5) is 35.5. The minimum Gasteiger partial charge on any atom is -0.478 e. The van der Waals surface area contributed by atoms with Crippen molar-refractivity contribution in [3.63, 3.8) is 0 Å². The van der Waals surface area contributed by atoms with Crippen molar-refractivity contribution >= 4 is 29.2 Å². The summed E-state index contributed by atoms with van der Waals surface area (Å²) in [6, 6.07) is 10.0. The van der Waals surface area contributed by atoms with Gasteiger partial charge in [0, 0.05) is 11.6 Å². The van der Waals surface area contributed by atoms with E-state index >= 15 is 0 Å². The maximum absolute atomic E-state index is 14.1. The standard InChI is InChI=1S/C22H23FN2O4/c23-18-11-10-17(13-19(18)25-21(27)15-4-2-1-3-5-15)24-20(26)12-14-6-8-16(9-7-14)22(28)29/h6-11,13,15H,1-5,12H2,(H,24,26)(H,25,27)(H,28,29). The van der Waals surface area contributed by atoms with Crippen molar-refractivity contribution in [1.82, 2.24) is 0 Å². The summed E-state index contributed by atoms with van der Waals surface area (Å²) in [5, 5.41) is 14.2. The van der Waals surface area contributed by atoms with E-state index in [-0.39, 0.29) is 35.4 Å². The van der Waals surface area contributed by atoms with Crippen molar-refractivity contribution in [2.24, 2.45) is 5.92 Å². The highest BCUT2D eigenvalue weighted by atomic mass is 19.1. The van der Waals surface area contributed by atoms with Crippen LogP contribution in [0.4, 0.5) is 15.8 Å². The van der Waals surface area contributed by atoms with E-state index in [2.05, 4.69) is 10.6 Å². The predicted octanol–water partition coefficient (Wildman–Crippen LogP) is 4.22. The maximum atomic E-state index is 14.1. The number of hydrogen-bond donors (Lipinski definition) is 3. The molecule has 2 amide bonds. The number of nitrogens with one attached hydrogen (secondary N) is 2. The molecule has 3 rings (SSSR count). The summed E-state index contributed by atoms with van der Waals surface area (Å²) in [5.41, 5.74) is 1.22. The lowest BCUT2D eigenvalue weighted by Gasteiger charge is -2.21. The van der Waals surface area contributed by atoms with Crippen molar-refractivity contribution in [3.05, 3.63) is 59.4 Å². The second-order valence-corrected chi connectivity index (χ2v) is 7.25. The van der Waals surface area contributed by atoms with Gasteiger partial charge < -0.3 is 15.7 Å². The fraction of sp³-hybridized carbons (Fsp3) is 0.318. The fourth-order valence-corrected chi connectivity index (χ4v) is 3.45. The first-order valence-electron chi connectivity index (χ1n) is 9.65. The molecular formula is C22H23FN2O4. The molecule has 2 aromatic carbocycles. The van der Waals surface area contributed by atoms with Gasteiger partial charge in [-0.25, -0.2) is 9.18 Å². The van der Waals surface area contributed by atoms with E-state index < -0.39 is 11.8 Å². The Morgan fingerprint density at radius 1 is 0.966 bits per heavy atom. The molecule has 29 heavy (non-hydrogen) atoms. The van der Waals surface area contributed by atoms with Gasteiger partial charge in [0.15, 0.2) is 0 Å². The number of carboxylic acid groups (broad SMARTS) is 1. The number of carboxylic acids is 1. The first-order valence-corrected chi connectivity index (χ1v) is 9.65. The second-order valence-electron chi connectivity index (χ2n) is 7.25. The summed E-state index contributed by atoms with van der Waals surface area (Å²) in [5.74, 6) is -2.21. The zero-order valence-electron chi connectivity index (χ0n) is 15.9. The number of benzene rings is 2. The molecule has 6 nitrogen and oxygen atoms in total. The van der Waals surface area contributed by atoms with Crippen LogP contribution in [0.25, 0.3) is 0 Å². The van der Waals surface area contributed by atoms with E-state index in [4.69, 9.17) is 5.11 Å². The Bertz CT molecular complexity index is 906. The molecule has 2 aromatic rings. The van der Waals surface area contributed by atoms with Crippen LogP contribution in [-0.2, 0) is 16.0 Å². The Hall–Kier alpha value is -3.22. The molecule has 0 radical (unpaired) electrons. The van der Waals surface area contributed by atoms with Crippen LogP contribution < -0.4 is 10.6 Å². The first kappa shape index (κ1) is 20.5. The minimum atomic E-state index is -1.03. The number of anilines is 2. The molecule has 0 bridgehead atoms. The SMILES string of the molecule is O=C(Cc1ccc(C(=O)O)cc1)Nc1ccc(F)c(NC(=O)C2CCCCC2)c1. The molecule has 152 valence electrons. The Morgan fingerprint density at radius 3 is 2.31 bits per heavy atom. The van der Waals surface area contributed by atoms with E-state index in [0.717, 1.165) is 32.1 Å². The molecule has 1 fully saturated rings. The van der Waals surface area contributed by atoms with Gasteiger partial charge in [-0.3, -0.25) is 9.59 Å². The molecule has 3 N–H and O–H groups in total. The van der Waals surface area contributed by atoms with Gasteiger partial charge in [0.2, 0.25) is 11.8 Å². The third-order valence-electron chi connectivity index (χ3n) is 5.05. The maximum Gasteiger partial charge on any atom is 0.335 e. The fourth-order valence-electron chi connectivity index (χ4n) is 3.45. The van der Waals surface area contributed by atoms with Crippen LogP contribution in [0, 0.1) is 11.7 Å². The molecule has 7 heteroatoms. The Balaban J connectivity index is 1.61. The van der Waals surface area contributed by atoms with Gasteiger partial charge in [0.05, 0.1) is 17.7 Å². The van der Waals surface area contributed by atoms with Crippen LogP contribution in [0.1, 0.15) is 48.0 Å². The second kappa shape index (κ2) is 9.32. The van der Waals surface area contributed by atoms with Crippen LogP contribution >= 0.6 is 0 Å². The minimum absolute atomic E-state index is 0.0427. The number of amides is 2. The van der Waals surface area contributed by atoms with E-state index in [1.54, 1.807) is 12.1 Å². The van der Waals surface area contributed by atoms with Crippen molar-refractivity contribution in [1.29, 1.82) is 0 Å². The molecule has 0 spiro atoms. The van der Waals surface area contributed by atoms with Crippen LogP contribution in [0.5, 0.6) is 0 Å². The third kappa shape index (κ3) is 5.63. The van der Waals surface area contributed by atoms with E-state index in [1.807, 2.05) is 0 Å². The molecule has 1 aliphatic carbocycles. The van der Waals surface area contributed by atoms with E-state index in [1.165, 1.54) is 30.3 Å². The number of rotatable bonds is 6. The number of carbonyl (C=O) groups is 3. The van der Waals surface area contributed by atoms with Crippen LogP contribution in [0.15, 0.2) is 42.5 Å². The number of halogens is 1. The summed E-state index contributed by atoms with van der Waals surface area (Å²) in [7, 11) is 0. The highest BCUT2D eigenvalue weighted by Crippen LogP contribution is 2.26. The number of aromatic carboxylic acids is 1. The first-order chi connectivity index (χ1) is 13.9. The largest absolute Gasteiger partial charge is 0.478 e. The summed E-state index contributed by atoms with van der Waals surface area (Å²) in [6.45, 7) is 0. The lowest BCUT2D eigenvalue weighted by Crippen LogP contribution is -2.25. The number of carbonyl (C=O) groups excluding carboxylic acids is 2. The van der Waals surface area contributed by atoms with Gasteiger partial charge in [0.25, 0.3) is 0 Å². The average Bonchev–Trinajstić information content (AvgIpc) is 2.71. The topological polar surface area (TPSA) is 95.5 Å². The zero-order valence-corrected chi connectivity index (χ0v) is 15.9.